The lowest BCUT2D eigenvalue weighted by atomic mass is 10.1. The third-order valence-corrected chi connectivity index (χ3v) is 1.58. The van der Waals surface area contributed by atoms with Gasteiger partial charge in [-0.15, -0.1) is 0 Å². The monoisotopic (exact) mass is 249 g/mol. The Hall–Kier alpha value is -1.41. The largest absolute Gasteiger partial charge is 0.481 e. The molecule has 0 aliphatic carbocycles. The van der Waals surface area contributed by atoms with Gasteiger partial charge in [0.1, 0.15) is 0 Å². The van der Waals surface area contributed by atoms with Crippen LogP contribution in [0.15, 0.2) is 0 Å². The van der Waals surface area contributed by atoms with Gasteiger partial charge < -0.3 is 10.4 Å². The van der Waals surface area contributed by atoms with Crippen molar-refractivity contribution in [3.63, 3.8) is 0 Å². The Kier molecular flexibility index (Phi) is 5.12. The first-order valence-corrected chi connectivity index (χ1v) is 3.99. The van der Waals surface area contributed by atoms with Crippen LogP contribution in [0.1, 0.15) is 6.42 Å². The Morgan fingerprint density at radius 1 is 1.25 bits per heavy atom. The molecule has 9 heteroatoms. The number of alkyl halides is 5. The van der Waals surface area contributed by atoms with Crippen molar-refractivity contribution in [2.75, 3.05) is 6.54 Å². The number of rotatable bonds is 5. The van der Waals surface area contributed by atoms with E-state index in [0.29, 0.717) is 0 Å². The van der Waals surface area contributed by atoms with E-state index in [1.807, 2.05) is 0 Å². The first kappa shape index (κ1) is 14.6. The molecule has 1 unspecified atom stereocenters. The van der Waals surface area contributed by atoms with Crippen LogP contribution in [0, 0.1) is 5.92 Å². The van der Waals surface area contributed by atoms with E-state index in [2.05, 4.69) is 0 Å². The molecule has 4 nitrogen and oxygen atoms in total. The normalized spacial score (nSPS) is 13.6. The van der Waals surface area contributed by atoms with Gasteiger partial charge >= 0.3 is 18.1 Å². The predicted octanol–water partition coefficient (Wildman–Crippen LogP) is 1.02. The maximum absolute atomic E-state index is 12.1. The molecule has 1 amide bonds. The van der Waals surface area contributed by atoms with Gasteiger partial charge in [0.05, 0.1) is 6.42 Å². The molecule has 16 heavy (non-hydrogen) atoms. The van der Waals surface area contributed by atoms with Gasteiger partial charge in [-0.25, -0.2) is 8.78 Å². The molecular weight excluding hydrogens is 241 g/mol. The van der Waals surface area contributed by atoms with Crippen molar-refractivity contribution < 1.29 is 36.6 Å². The summed E-state index contributed by atoms with van der Waals surface area (Å²) in [5.41, 5.74) is 0. The predicted molar refractivity (Wildman–Crippen MR) is 40.8 cm³/mol. The van der Waals surface area contributed by atoms with Crippen LogP contribution >= 0.6 is 0 Å². The number of carboxylic acids is 1. The maximum Gasteiger partial charge on any atom is 0.471 e. The fraction of sp³-hybridized carbons (Fsp3) is 0.714. The van der Waals surface area contributed by atoms with Crippen LogP contribution < -0.4 is 5.32 Å². The van der Waals surface area contributed by atoms with E-state index in [1.165, 1.54) is 5.32 Å². The zero-order chi connectivity index (χ0) is 12.9. The van der Waals surface area contributed by atoms with E-state index in [1.54, 1.807) is 0 Å². The zero-order valence-electron chi connectivity index (χ0n) is 7.72. The lowest BCUT2D eigenvalue weighted by molar-refractivity contribution is -0.174. The van der Waals surface area contributed by atoms with Gasteiger partial charge in [0.25, 0.3) is 0 Å². The van der Waals surface area contributed by atoms with Crippen LogP contribution in [0.3, 0.4) is 0 Å². The molecule has 0 heterocycles. The molecule has 1 atom stereocenters. The van der Waals surface area contributed by atoms with Gasteiger partial charge in [0.15, 0.2) is 0 Å². The van der Waals surface area contributed by atoms with E-state index in [4.69, 9.17) is 5.11 Å². The molecule has 0 aliphatic heterocycles. The molecular formula is C7H8F5NO3. The van der Waals surface area contributed by atoms with Crippen LogP contribution in [0.4, 0.5) is 22.0 Å². The number of carbonyl (C=O) groups is 2. The Morgan fingerprint density at radius 2 is 1.75 bits per heavy atom. The Labute approximate surface area is 86.4 Å². The second kappa shape index (κ2) is 5.61. The number of aliphatic carboxylic acids is 1. The number of carboxylic acid groups (broad SMARTS) is 1. The highest BCUT2D eigenvalue weighted by Gasteiger charge is 2.39. The molecule has 0 aliphatic rings. The number of halogens is 5. The summed E-state index contributed by atoms with van der Waals surface area (Å²) >= 11 is 0. The van der Waals surface area contributed by atoms with Crippen molar-refractivity contribution in [2.45, 2.75) is 19.0 Å². The first-order valence-electron chi connectivity index (χ1n) is 3.99. The zero-order valence-corrected chi connectivity index (χ0v) is 7.72. The van der Waals surface area contributed by atoms with Crippen molar-refractivity contribution in [1.82, 2.24) is 5.32 Å². The molecule has 0 aromatic heterocycles. The summed E-state index contributed by atoms with van der Waals surface area (Å²) in [5.74, 6) is -5.79. The topological polar surface area (TPSA) is 66.4 Å². The smallest absolute Gasteiger partial charge is 0.471 e. The lowest BCUT2D eigenvalue weighted by Crippen LogP contribution is -2.41. The molecule has 0 radical (unpaired) electrons. The minimum atomic E-state index is -5.17. The van der Waals surface area contributed by atoms with Crippen molar-refractivity contribution >= 4 is 11.9 Å². The maximum atomic E-state index is 12.1. The number of carbonyl (C=O) groups excluding carboxylic acids is 1. The standard InChI is InChI=1S/C7H8F5NO3/c8-5(9)3(1-4(14)15)2-13-6(16)7(10,11)12/h3,5H,1-2H2,(H,13,16)(H,14,15). The average molecular weight is 249 g/mol. The Bertz CT molecular complexity index is 265. The van der Waals surface area contributed by atoms with E-state index < -0.39 is 43.4 Å². The first-order chi connectivity index (χ1) is 7.14. The summed E-state index contributed by atoms with van der Waals surface area (Å²) < 4.78 is 59.2. The van der Waals surface area contributed by atoms with Gasteiger partial charge in [-0.3, -0.25) is 9.59 Å². The van der Waals surface area contributed by atoms with Crippen LogP contribution in [0.2, 0.25) is 0 Å². The Balaban J connectivity index is 4.23. The van der Waals surface area contributed by atoms with Gasteiger partial charge in [-0.05, 0) is 0 Å². The fourth-order valence-corrected chi connectivity index (χ4v) is 0.799. The van der Waals surface area contributed by atoms with Crippen LogP contribution in [-0.4, -0.2) is 36.1 Å². The summed E-state index contributed by atoms with van der Waals surface area (Å²) in [6.07, 6.45) is -9.31. The van der Waals surface area contributed by atoms with Crippen molar-refractivity contribution in [1.29, 1.82) is 0 Å². The molecule has 0 saturated carbocycles. The fourth-order valence-electron chi connectivity index (χ4n) is 0.799. The van der Waals surface area contributed by atoms with Crippen molar-refractivity contribution in [3.05, 3.63) is 0 Å². The summed E-state index contributed by atoms with van der Waals surface area (Å²) in [6.45, 7) is -1.04. The molecule has 2 N–H and O–H groups in total. The lowest BCUT2D eigenvalue weighted by Gasteiger charge is -2.15. The molecule has 0 saturated heterocycles. The van der Waals surface area contributed by atoms with Gasteiger partial charge in [0, 0.05) is 12.5 Å². The van der Waals surface area contributed by atoms with Crippen molar-refractivity contribution in [2.24, 2.45) is 5.92 Å². The Morgan fingerprint density at radius 3 is 2.06 bits per heavy atom. The SMILES string of the molecule is O=C(O)CC(CNC(=O)C(F)(F)F)C(F)F. The summed E-state index contributed by atoms with van der Waals surface area (Å²) in [7, 11) is 0. The summed E-state index contributed by atoms with van der Waals surface area (Å²) in [6, 6.07) is 0. The van der Waals surface area contributed by atoms with Gasteiger partial charge in [0.2, 0.25) is 6.43 Å². The van der Waals surface area contributed by atoms with E-state index in [9.17, 15) is 31.5 Å². The minimum Gasteiger partial charge on any atom is -0.481 e. The highest BCUT2D eigenvalue weighted by Crippen LogP contribution is 2.16. The number of nitrogens with one attached hydrogen (secondary N) is 1. The summed E-state index contributed by atoms with van der Waals surface area (Å²) in [5, 5.41) is 9.39. The molecule has 0 spiro atoms. The molecule has 0 fully saturated rings. The number of hydrogen-bond donors (Lipinski definition) is 2. The van der Waals surface area contributed by atoms with Crippen LogP contribution in [0.5, 0.6) is 0 Å². The molecule has 94 valence electrons. The van der Waals surface area contributed by atoms with Crippen molar-refractivity contribution in [3.8, 4) is 0 Å². The van der Waals surface area contributed by atoms with Crippen LogP contribution in [-0.2, 0) is 9.59 Å². The molecule has 0 aromatic carbocycles. The highest BCUT2D eigenvalue weighted by atomic mass is 19.4. The third kappa shape index (κ3) is 5.47. The number of hydrogen-bond acceptors (Lipinski definition) is 2. The number of amides is 1. The van der Waals surface area contributed by atoms with Gasteiger partial charge in [-0.1, -0.05) is 0 Å². The second-order valence-corrected chi connectivity index (χ2v) is 2.90. The molecule has 0 rings (SSSR count). The molecule has 0 bridgehead atoms. The second-order valence-electron chi connectivity index (χ2n) is 2.90. The summed E-state index contributed by atoms with van der Waals surface area (Å²) in [4.78, 5) is 20.3. The quantitative estimate of drug-likeness (QED) is 0.715. The average Bonchev–Trinajstić information content (AvgIpc) is 2.08. The highest BCUT2D eigenvalue weighted by molar-refractivity contribution is 5.81. The third-order valence-electron chi connectivity index (χ3n) is 1.58. The van der Waals surface area contributed by atoms with Crippen LogP contribution in [0.25, 0.3) is 0 Å². The minimum absolute atomic E-state index is 1.02. The molecule has 0 aromatic rings. The van der Waals surface area contributed by atoms with Gasteiger partial charge in [-0.2, -0.15) is 13.2 Å². The van der Waals surface area contributed by atoms with E-state index in [0.717, 1.165) is 0 Å². The van der Waals surface area contributed by atoms with E-state index >= 15 is 0 Å². The van der Waals surface area contributed by atoms with E-state index in [-0.39, 0.29) is 0 Å².